The highest BCUT2D eigenvalue weighted by Crippen LogP contribution is 2.12. The van der Waals surface area contributed by atoms with Crippen LogP contribution in [0.5, 0.6) is 0 Å². The molecule has 0 spiro atoms. The van der Waals surface area contributed by atoms with E-state index in [1.807, 2.05) is 13.0 Å². The maximum atomic E-state index is 8.95. The largest absolute Gasteiger partial charge is 0.396 e. The summed E-state index contributed by atoms with van der Waals surface area (Å²) in [7, 11) is 0. The van der Waals surface area contributed by atoms with Crippen LogP contribution in [0.3, 0.4) is 0 Å². The molecule has 15 heavy (non-hydrogen) atoms. The van der Waals surface area contributed by atoms with Crippen molar-refractivity contribution in [2.45, 2.75) is 33.2 Å². The number of aromatic nitrogens is 2. The molecule has 2 N–H and O–H groups in total. The minimum atomic E-state index is 0.194. The highest BCUT2D eigenvalue weighted by Gasteiger charge is 2.12. The molecule has 1 aromatic heterocycles. The summed E-state index contributed by atoms with van der Waals surface area (Å²) >= 11 is 0. The molecule has 1 unspecified atom stereocenters. The molecule has 0 bridgehead atoms. The molecule has 1 aromatic rings. The van der Waals surface area contributed by atoms with Crippen LogP contribution in [0.25, 0.3) is 0 Å². The summed E-state index contributed by atoms with van der Waals surface area (Å²) in [5.74, 6) is 1.29. The summed E-state index contributed by atoms with van der Waals surface area (Å²) in [5.41, 5.74) is 0.944. The predicted octanol–water partition coefficient (Wildman–Crippen LogP) is 1.60. The number of aliphatic hydroxyl groups excluding tert-OH is 1. The molecule has 4 nitrogen and oxygen atoms in total. The fraction of sp³-hybridized carbons (Fsp3) is 0.636. The van der Waals surface area contributed by atoms with E-state index in [1.165, 1.54) is 0 Å². The van der Waals surface area contributed by atoms with Crippen molar-refractivity contribution in [2.75, 3.05) is 11.9 Å². The molecule has 1 heterocycles. The molecule has 84 valence electrons. The van der Waals surface area contributed by atoms with Crippen LogP contribution >= 0.6 is 0 Å². The quantitative estimate of drug-likeness (QED) is 0.773. The monoisotopic (exact) mass is 209 g/mol. The summed E-state index contributed by atoms with van der Waals surface area (Å²) < 4.78 is 0. The summed E-state index contributed by atoms with van der Waals surface area (Å²) in [4.78, 5) is 8.18. The predicted molar refractivity (Wildman–Crippen MR) is 60.7 cm³/mol. The highest BCUT2D eigenvalue weighted by atomic mass is 16.3. The summed E-state index contributed by atoms with van der Waals surface area (Å²) in [6, 6.07) is 2.16. The van der Waals surface area contributed by atoms with Gasteiger partial charge in [0.25, 0.3) is 0 Å². The SMILES string of the molecule is Cc1cc(NC(CCO)C(C)C)ncn1. The lowest BCUT2D eigenvalue weighted by Gasteiger charge is -2.21. The number of nitrogens with zero attached hydrogens (tertiary/aromatic N) is 2. The van der Waals surface area contributed by atoms with Gasteiger partial charge in [-0.25, -0.2) is 9.97 Å². The first-order valence-corrected chi connectivity index (χ1v) is 5.29. The second-order valence-electron chi connectivity index (χ2n) is 4.05. The molecule has 0 fully saturated rings. The standard InChI is InChI=1S/C11H19N3O/c1-8(2)10(4-5-15)14-11-6-9(3)12-7-13-11/h6-8,10,15H,4-5H2,1-3H3,(H,12,13,14). The van der Waals surface area contributed by atoms with E-state index < -0.39 is 0 Å². The second-order valence-corrected chi connectivity index (χ2v) is 4.05. The first-order valence-electron chi connectivity index (χ1n) is 5.29. The fourth-order valence-electron chi connectivity index (χ4n) is 1.43. The first-order chi connectivity index (χ1) is 7.13. The Kier molecular flexibility index (Phi) is 4.49. The lowest BCUT2D eigenvalue weighted by atomic mass is 10.0. The van der Waals surface area contributed by atoms with Crippen LogP contribution in [-0.4, -0.2) is 27.7 Å². The van der Waals surface area contributed by atoms with E-state index in [-0.39, 0.29) is 12.6 Å². The number of anilines is 1. The lowest BCUT2D eigenvalue weighted by molar-refractivity contribution is 0.267. The van der Waals surface area contributed by atoms with Crippen molar-refractivity contribution < 1.29 is 5.11 Å². The van der Waals surface area contributed by atoms with Gasteiger partial charge in [0.05, 0.1) is 0 Å². The number of nitrogens with one attached hydrogen (secondary N) is 1. The molecule has 0 aliphatic carbocycles. The average molecular weight is 209 g/mol. The van der Waals surface area contributed by atoms with Crippen molar-refractivity contribution >= 4 is 5.82 Å². The van der Waals surface area contributed by atoms with Crippen molar-refractivity contribution in [3.05, 3.63) is 18.1 Å². The minimum absolute atomic E-state index is 0.194. The van der Waals surface area contributed by atoms with E-state index in [4.69, 9.17) is 5.11 Å². The van der Waals surface area contributed by atoms with Gasteiger partial charge in [0.2, 0.25) is 0 Å². The third kappa shape index (κ3) is 3.83. The van der Waals surface area contributed by atoms with Gasteiger partial charge < -0.3 is 10.4 Å². The number of hydrogen-bond donors (Lipinski definition) is 2. The van der Waals surface area contributed by atoms with Gasteiger partial charge in [0.1, 0.15) is 12.1 Å². The van der Waals surface area contributed by atoms with Gasteiger partial charge in [-0.3, -0.25) is 0 Å². The summed E-state index contributed by atoms with van der Waals surface area (Å²) in [6.45, 7) is 6.38. The number of hydrogen-bond acceptors (Lipinski definition) is 4. The van der Waals surface area contributed by atoms with Gasteiger partial charge >= 0.3 is 0 Å². The van der Waals surface area contributed by atoms with Crippen molar-refractivity contribution in [1.82, 2.24) is 9.97 Å². The first kappa shape index (κ1) is 11.9. The van der Waals surface area contributed by atoms with Crippen LogP contribution in [0.2, 0.25) is 0 Å². The Morgan fingerprint density at radius 1 is 1.40 bits per heavy atom. The molecule has 0 saturated carbocycles. The van der Waals surface area contributed by atoms with E-state index in [0.717, 1.165) is 17.9 Å². The Labute approximate surface area is 90.8 Å². The molecule has 0 aromatic carbocycles. The van der Waals surface area contributed by atoms with Gasteiger partial charge in [0, 0.05) is 24.4 Å². The van der Waals surface area contributed by atoms with Gasteiger partial charge in [-0.15, -0.1) is 0 Å². The molecular formula is C11H19N3O. The topological polar surface area (TPSA) is 58.0 Å². The Balaban J connectivity index is 2.65. The molecule has 0 aliphatic heterocycles. The van der Waals surface area contributed by atoms with Crippen LogP contribution in [0.1, 0.15) is 26.0 Å². The maximum Gasteiger partial charge on any atom is 0.129 e. The Morgan fingerprint density at radius 2 is 2.13 bits per heavy atom. The molecule has 1 rings (SSSR count). The number of rotatable bonds is 5. The van der Waals surface area contributed by atoms with Crippen LogP contribution < -0.4 is 5.32 Å². The zero-order chi connectivity index (χ0) is 11.3. The van der Waals surface area contributed by atoms with Crippen LogP contribution in [0.15, 0.2) is 12.4 Å². The van der Waals surface area contributed by atoms with Gasteiger partial charge in [-0.1, -0.05) is 13.8 Å². The van der Waals surface area contributed by atoms with Gasteiger partial charge in [-0.2, -0.15) is 0 Å². The van der Waals surface area contributed by atoms with Crippen molar-refractivity contribution in [1.29, 1.82) is 0 Å². The van der Waals surface area contributed by atoms with E-state index in [1.54, 1.807) is 6.33 Å². The number of aliphatic hydroxyl groups is 1. The Hall–Kier alpha value is -1.16. The van der Waals surface area contributed by atoms with E-state index >= 15 is 0 Å². The smallest absolute Gasteiger partial charge is 0.129 e. The third-order valence-electron chi connectivity index (χ3n) is 2.38. The van der Waals surface area contributed by atoms with Crippen molar-refractivity contribution in [3.8, 4) is 0 Å². The summed E-state index contributed by atoms with van der Waals surface area (Å²) in [6.07, 6.45) is 2.29. The zero-order valence-electron chi connectivity index (χ0n) is 9.57. The normalized spacial score (nSPS) is 12.9. The summed E-state index contributed by atoms with van der Waals surface area (Å²) in [5, 5.41) is 12.3. The molecule has 0 radical (unpaired) electrons. The zero-order valence-corrected chi connectivity index (χ0v) is 9.57. The molecule has 0 aliphatic rings. The van der Waals surface area contributed by atoms with Gasteiger partial charge in [0.15, 0.2) is 0 Å². The maximum absolute atomic E-state index is 8.95. The van der Waals surface area contributed by atoms with E-state index in [0.29, 0.717) is 5.92 Å². The van der Waals surface area contributed by atoms with E-state index in [2.05, 4.69) is 29.1 Å². The van der Waals surface area contributed by atoms with Crippen LogP contribution in [-0.2, 0) is 0 Å². The fourth-order valence-corrected chi connectivity index (χ4v) is 1.43. The Bertz CT molecular complexity index is 302. The van der Waals surface area contributed by atoms with Crippen LogP contribution in [0.4, 0.5) is 5.82 Å². The minimum Gasteiger partial charge on any atom is -0.396 e. The lowest BCUT2D eigenvalue weighted by Crippen LogP contribution is -2.27. The van der Waals surface area contributed by atoms with E-state index in [9.17, 15) is 0 Å². The van der Waals surface area contributed by atoms with Crippen LogP contribution in [0, 0.1) is 12.8 Å². The van der Waals surface area contributed by atoms with Gasteiger partial charge in [-0.05, 0) is 19.3 Å². The molecule has 0 saturated heterocycles. The van der Waals surface area contributed by atoms with Crippen molar-refractivity contribution in [3.63, 3.8) is 0 Å². The third-order valence-corrected chi connectivity index (χ3v) is 2.38. The average Bonchev–Trinajstić information content (AvgIpc) is 2.17. The highest BCUT2D eigenvalue weighted by molar-refractivity contribution is 5.35. The van der Waals surface area contributed by atoms with Crippen molar-refractivity contribution in [2.24, 2.45) is 5.92 Å². The molecule has 0 amide bonds. The molecular weight excluding hydrogens is 190 g/mol. The second kappa shape index (κ2) is 5.66. The molecule has 1 atom stereocenters. The Morgan fingerprint density at radius 3 is 2.67 bits per heavy atom. The molecule has 4 heteroatoms. The number of aryl methyl sites for hydroxylation is 1.